The highest BCUT2D eigenvalue weighted by Crippen LogP contribution is 2.29. The maximum Gasteiger partial charge on any atom is 0.274 e. The van der Waals surface area contributed by atoms with Crippen molar-refractivity contribution in [2.45, 2.75) is 13.0 Å². The Kier molecular flexibility index (Phi) is 4.70. The molecule has 0 radical (unpaired) electrons. The molecular weight excluding hydrogens is 311 g/mol. The fourth-order valence-corrected chi connectivity index (χ4v) is 2.29. The Morgan fingerprint density at radius 2 is 1.90 bits per heavy atom. The summed E-state index contributed by atoms with van der Waals surface area (Å²) in [5.74, 6) is -0.229. The minimum absolute atomic E-state index is 0.0916. The van der Waals surface area contributed by atoms with Crippen molar-refractivity contribution in [3.63, 3.8) is 0 Å². The summed E-state index contributed by atoms with van der Waals surface area (Å²) in [6, 6.07) is 9.58. The van der Waals surface area contributed by atoms with Gasteiger partial charge in [0.1, 0.15) is 16.6 Å². The molecule has 0 bridgehead atoms. The van der Waals surface area contributed by atoms with E-state index in [2.05, 4.69) is 4.98 Å². The van der Waals surface area contributed by atoms with Gasteiger partial charge < -0.3 is 10.0 Å². The third kappa shape index (κ3) is 3.28. The quantitative estimate of drug-likeness (QED) is 0.870. The molecule has 1 N–H and O–H groups in total. The molecule has 0 saturated carbocycles. The lowest BCUT2D eigenvalue weighted by Gasteiger charge is -2.25. The lowest BCUT2D eigenvalue weighted by atomic mass is 10.1. The number of rotatable bonds is 3. The maximum atomic E-state index is 12.5. The Morgan fingerprint density at radius 3 is 2.57 bits per heavy atom. The largest absolute Gasteiger partial charge is 0.508 e. The monoisotopic (exact) mass is 324 g/mol. The van der Waals surface area contributed by atoms with Crippen molar-refractivity contribution in [3.8, 4) is 5.75 Å². The highest BCUT2D eigenvalue weighted by molar-refractivity contribution is 6.34. The summed E-state index contributed by atoms with van der Waals surface area (Å²) in [4.78, 5) is 17.9. The van der Waals surface area contributed by atoms with E-state index in [9.17, 15) is 9.90 Å². The van der Waals surface area contributed by atoms with Gasteiger partial charge in [-0.2, -0.15) is 0 Å². The zero-order chi connectivity index (χ0) is 15.6. The topological polar surface area (TPSA) is 53.4 Å². The van der Waals surface area contributed by atoms with Gasteiger partial charge in [0, 0.05) is 12.6 Å². The van der Waals surface area contributed by atoms with Crippen molar-refractivity contribution in [2.75, 3.05) is 7.05 Å². The molecule has 2 aromatic rings. The van der Waals surface area contributed by atoms with E-state index in [0.717, 1.165) is 0 Å². The number of nitrogens with zero attached hydrogens (tertiary/aromatic N) is 2. The van der Waals surface area contributed by atoms with Crippen molar-refractivity contribution in [2.24, 2.45) is 0 Å². The van der Waals surface area contributed by atoms with Crippen LogP contribution in [-0.2, 0) is 0 Å². The van der Waals surface area contributed by atoms with Crippen molar-refractivity contribution in [1.29, 1.82) is 0 Å². The van der Waals surface area contributed by atoms with Gasteiger partial charge in [0.2, 0.25) is 0 Å². The van der Waals surface area contributed by atoms with Crippen LogP contribution in [0, 0.1) is 0 Å². The average molecular weight is 325 g/mol. The number of halogens is 2. The molecule has 6 heteroatoms. The first-order chi connectivity index (χ1) is 9.91. The predicted octanol–water partition coefficient (Wildman–Crippen LogP) is 3.93. The highest BCUT2D eigenvalue weighted by Gasteiger charge is 2.23. The summed E-state index contributed by atoms with van der Waals surface area (Å²) >= 11 is 11.8. The van der Waals surface area contributed by atoms with E-state index in [4.69, 9.17) is 23.2 Å². The maximum absolute atomic E-state index is 12.5. The Morgan fingerprint density at radius 1 is 1.24 bits per heavy atom. The third-order valence-corrected chi connectivity index (χ3v) is 3.82. The summed E-state index contributed by atoms with van der Waals surface area (Å²) < 4.78 is 0. The summed E-state index contributed by atoms with van der Waals surface area (Å²) in [5.41, 5.74) is 0.737. The van der Waals surface area contributed by atoms with Gasteiger partial charge in [0.25, 0.3) is 5.91 Å². The van der Waals surface area contributed by atoms with Crippen LogP contribution >= 0.6 is 23.2 Å². The van der Waals surface area contributed by atoms with Gasteiger partial charge >= 0.3 is 0 Å². The average Bonchev–Trinajstić information content (AvgIpc) is 2.48. The Balaban J connectivity index is 2.31. The van der Waals surface area contributed by atoms with Crippen molar-refractivity contribution in [1.82, 2.24) is 9.88 Å². The number of pyridine rings is 1. The number of aromatic nitrogens is 1. The van der Waals surface area contributed by atoms with Gasteiger partial charge in [-0.15, -0.1) is 0 Å². The first-order valence-corrected chi connectivity index (χ1v) is 7.04. The second-order valence-corrected chi connectivity index (χ2v) is 5.41. The number of para-hydroxylation sites is 1. The van der Waals surface area contributed by atoms with E-state index in [0.29, 0.717) is 5.56 Å². The zero-order valence-electron chi connectivity index (χ0n) is 11.5. The van der Waals surface area contributed by atoms with Crippen LogP contribution in [0.5, 0.6) is 5.75 Å². The zero-order valence-corrected chi connectivity index (χ0v) is 13.1. The number of phenolic OH excluding ortho intramolecular Hbond substituents is 1. The molecule has 0 spiro atoms. The number of hydrogen-bond acceptors (Lipinski definition) is 3. The minimum Gasteiger partial charge on any atom is -0.508 e. The van der Waals surface area contributed by atoms with Crippen LogP contribution in [0.4, 0.5) is 0 Å². The Hall–Kier alpha value is -1.78. The molecule has 1 atom stereocenters. The number of amides is 1. The fourth-order valence-electron chi connectivity index (χ4n) is 1.96. The van der Waals surface area contributed by atoms with Crippen LogP contribution in [0.25, 0.3) is 0 Å². The van der Waals surface area contributed by atoms with Crippen molar-refractivity contribution >= 4 is 29.1 Å². The molecule has 1 unspecified atom stereocenters. The number of aromatic hydroxyl groups is 1. The molecule has 1 amide bonds. The van der Waals surface area contributed by atoms with Gasteiger partial charge in [0.15, 0.2) is 0 Å². The molecule has 1 aromatic heterocycles. The van der Waals surface area contributed by atoms with E-state index < -0.39 is 0 Å². The third-order valence-electron chi connectivity index (χ3n) is 3.30. The predicted molar refractivity (Wildman–Crippen MR) is 82.9 cm³/mol. The summed E-state index contributed by atoms with van der Waals surface area (Å²) in [7, 11) is 1.62. The van der Waals surface area contributed by atoms with Crippen LogP contribution in [-0.4, -0.2) is 27.9 Å². The molecule has 4 nitrogen and oxygen atoms in total. The lowest BCUT2D eigenvalue weighted by molar-refractivity contribution is 0.0735. The molecular formula is C15H14Cl2N2O2. The number of benzene rings is 1. The van der Waals surface area contributed by atoms with Gasteiger partial charge in [-0.05, 0) is 25.1 Å². The van der Waals surface area contributed by atoms with Crippen LogP contribution in [0.1, 0.15) is 29.0 Å². The Labute approximate surface area is 132 Å². The molecule has 0 aliphatic heterocycles. The summed E-state index contributed by atoms with van der Waals surface area (Å²) in [5, 5.41) is 10.3. The van der Waals surface area contributed by atoms with Crippen molar-refractivity contribution in [3.05, 3.63) is 57.8 Å². The normalized spacial score (nSPS) is 12.0. The molecule has 1 heterocycles. The highest BCUT2D eigenvalue weighted by atomic mass is 35.5. The second kappa shape index (κ2) is 6.33. The van der Waals surface area contributed by atoms with Gasteiger partial charge in [-0.25, -0.2) is 4.98 Å². The second-order valence-electron chi connectivity index (χ2n) is 4.62. The fraction of sp³-hybridized carbons (Fsp3) is 0.200. The van der Waals surface area contributed by atoms with E-state index >= 15 is 0 Å². The van der Waals surface area contributed by atoms with E-state index in [1.807, 2.05) is 6.92 Å². The first-order valence-electron chi connectivity index (χ1n) is 6.29. The number of carbonyl (C=O) groups is 1. The van der Waals surface area contributed by atoms with E-state index in [1.54, 1.807) is 31.3 Å². The van der Waals surface area contributed by atoms with E-state index in [1.165, 1.54) is 17.0 Å². The van der Waals surface area contributed by atoms with Gasteiger partial charge in [-0.1, -0.05) is 41.4 Å². The minimum atomic E-state index is -0.363. The van der Waals surface area contributed by atoms with Gasteiger partial charge in [-0.3, -0.25) is 4.79 Å². The molecule has 0 aliphatic carbocycles. The molecule has 0 fully saturated rings. The number of carbonyl (C=O) groups excluding carboxylic acids is 1. The molecule has 21 heavy (non-hydrogen) atoms. The molecule has 0 aliphatic rings. The summed E-state index contributed by atoms with van der Waals surface area (Å²) in [6.45, 7) is 1.81. The standard InChI is InChI=1S/C15H14Cl2N2O2/c1-9(10-5-3-4-6-12(10)20)19(2)15(21)14-11(16)7-8-13(17)18-14/h3-9,20H,1-2H3. The van der Waals surface area contributed by atoms with Gasteiger partial charge in [0.05, 0.1) is 11.1 Å². The molecule has 2 rings (SSSR count). The van der Waals surface area contributed by atoms with Crippen LogP contribution < -0.4 is 0 Å². The van der Waals surface area contributed by atoms with Crippen LogP contribution in [0.3, 0.4) is 0 Å². The molecule has 1 aromatic carbocycles. The number of hydrogen-bond donors (Lipinski definition) is 1. The molecule has 0 saturated heterocycles. The summed E-state index contributed by atoms with van der Waals surface area (Å²) in [6.07, 6.45) is 0. The van der Waals surface area contributed by atoms with Crippen LogP contribution in [0.2, 0.25) is 10.2 Å². The first kappa shape index (κ1) is 15.6. The molecule has 110 valence electrons. The SMILES string of the molecule is CC(c1ccccc1O)N(C)C(=O)c1nc(Cl)ccc1Cl. The smallest absolute Gasteiger partial charge is 0.274 e. The Bertz CT molecular complexity index is 676. The van der Waals surface area contributed by atoms with Crippen molar-refractivity contribution < 1.29 is 9.90 Å². The number of phenols is 1. The van der Waals surface area contributed by atoms with Crippen LogP contribution in [0.15, 0.2) is 36.4 Å². The van der Waals surface area contributed by atoms with E-state index in [-0.39, 0.29) is 33.6 Å². The lowest BCUT2D eigenvalue weighted by Crippen LogP contribution is -2.30.